The quantitative estimate of drug-likeness (QED) is 0.431. The average Bonchev–Trinajstić information content (AvgIpc) is 1.98. The fraction of sp³-hybridized carbons (Fsp3) is 0.667. The summed E-state index contributed by atoms with van der Waals surface area (Å²) >= 11 is 0. The summed E-state index contributed by atoms with van der Waals surface area (Å²) in [4.78, 5) is 25.7. The van der Waals surface area contributed by atoms with Crippen LogP contribution in [0.15, 0.2) is 0 Å². The molecular formula is C6H13N3O3. The molecule has 0 aromatic rings. The number of nitrogens with two attached hydrogens (primary N) is 2. The first-order valence-electron chi connectivity index (χ1n) is 3.47. The molecule has 0 aliphatic heterocycles. The zero-order chi connectivity index (χ0) is 9.72. The van der Waals surface area contributed by atoms with E-state index in [-0.39, 0.29) is 0 Å². The van der Waals surface area contributed by atoms with Gasteiger partial charge < -0.3 is 16.3 Å². The topological polar surface area (TPSA) is 107 Å². The molecule has 6 heteroatoms. The van der Waals surface area contributed by atoms with Crippen LogP contribution in [0.3, 0.4) is 0 Å². The predicted molar refractivity (Wildman–Crippen MR) is 41.5 cm³/mol. The first-order valence-corrected chi connectivity index (χ1v) is 3.47. The largest absolute Gasteiger partial charge is 0.348 e. The maximum absolute atomic E-state index is 10.7. The summed E-state index contributed by atoms with van der Waals surface area (Å²) < 4.78 is 0. The van der Waals surface area contributed by atoms with E-state index in [1.807, 2.05) is 5.48 Å². The van der Waals surface area contributed by atoms with Gasteiger partial charge in [0.25, 0.3) is 5.91 Å². The van der Waals surface area contributed by atoms with Crippen molar-refractivity contribution in [1.82, 2.24) is 5.48 Å². The molecule has 0 saturated carbocycles. The summed E-state index contributed by atoms with van der Waals surface area (Å²) in [6.45, 7) is 2.91. The highest BCUT2D eigenvalue weighted by Gasteiger charge is 2.12. The number of hydrogen-bond donors (Lipinski definition) is 3. The summed E-state index contributed by atoms with van der Waals surface area (Å²) in [5.41, 5.74) is 12.2. The van der Waals surface area contributed by atoms with Crippen molar-refractivity contribution in [3.63, 3.8) is 0 Å². The third-order valence-electron chi connectivity index (χ3n) is 1.04. The first-order chi connectivity index (χ1) is 5.45. The molecule has 0 radical (unpaired) electrons. The van der Waals surface area contributed by atoms with Gasteiger partial charge in [0, 0.05) is 0 Å². The van der Waals surface area contributed by atoms with Crippen LogP contribution < -0.4 is 16.9 Å². The van der Waals surface area contributed by atoms with E-state index in [0.717, 1.165) is 0 Å². The predicted octanol–water partition coefficient (Wildman–Crippen LogP) is -1.74. The van der Waals surface area contributed by atoms with Gasteiger partial charge in [-0.25, -0.2) is 4.79 Å². The molecule has 0 rings (SSSR count). The van der Waals surface area contributed by atoms with Crippen molar-refractivity contribution >= 4 is 11.9 Å². The van der Waals surface area contributed by atoms with E-state index in [1.165, 1.54) is 13.8 Å². The van der Waals surface area contributed by atoms with Crippen LogP contribution >= 0.6 is 0 Å². The van der Waals surface area contributed by atoms with E-state index in [2.05, 4.69) is 4.84 Å². The Kier molecular flexibility index (Phi) is 4.24. The standard InChI is InChI=1S/C6H13N3O3/c1-3(7)5(10)9-12-6(11)4(2)8/h3-4H,7-8H2,1-2H3,(H,9,10)/t3-,4+/m1/s1. The second-order valence-corrected chi connectivity index (χ2v) is 2.46. The minimum Gasteiger partial charge on any atom is -0.339 e. The second kappa shape index (κ2) is 4.68. The zero-order valence-corrected chi connectivity index (χ0v) is 7.03. The van der Waals surface area contributed by atoms with Crippen molar-refractivity contribution < 1.29 is 14.4 Å². The lowest BCUT2D eigenvalue weighted by Gasteiger charge is -2.08. The summed E-state index contributed by atoms with van der Waals surface area (Å²) in [7, 11) is 0. The van der Waals surface area contributed by atoms with Gasteiger partial charge in [-0.05, 0) is 13.8 Å². The molecule has 5 N–H and O–H groups in total. The Morgan fingerprint density at radius 3 is 2.08 bits per heavy atom. The third-order valence-corrected chi connectivity index (χ3v) is 1.04. The van der Waals surface area contributed by atoms with Crippen LogP contribution in [0.2, 0.25) is 0 Å². The SMILES string of the molecule is C[C@H](N)C(=O)ONC(=O)[C@@H](C)N. The van der Waals surface area contributed by atoms with Crippen LogP contribution in [0.25, 0.3) is 0 Å². The van der Waals surface area contributed by atoms with Gasteiger partial charge >= 0.3 is 5.97 Å². The van der Waals surface area contributed by atoms with Gasteiger partial charge in [0.2, 0.25) is 0 Å². The first kappa shape index (κ1) is 10.9. The highest BCUT2D eigenvalue weighted by atomic mass is 16.7. The molecule has 70 valence electrons. The molecule has 0 aromatic carbocycles. The molecule has 0 saturated heterocycles. The molecule has 0 fully saturated rings. The van der Waals surface area contributed by atoms with Crippen molar-refractivity contribution in [2.24, 2.45) is 11.5 Å². The van der Waals surface area contributed by atoms with Crippen molar-refractivity contribution in [1.29, 1.82) is 0 Å². The minimum absolute atomic E-state index is 0.566. The summed E-state index contributed by atoms with van der Waals surface area (Å²) in [5.74, 6) is -1.27. The smallest absolute Gasteiger partial charge is 0.339 e. The Morgan fingerprint density at radius 2 is 1.75 bits per heavy atom. The molecule has 6 nitrogen and oxygen atoms in total. The number of nitrogens with one attached hydrogen (secondary N) is 1. The Morgan fingerprint density at radius 1 is 1.25 bits per heavy atom. The van der Waals surface area contributed by atoms with Gasteiger partial charge in [-0.2, -0.15) is 5.48 Å². The molecule has 0 spiro atoms. The number of amides is 1. The minimum atomic E-state index is -0.765. The number of rotatable bonds is 2. The van der Waals surface area contributed by atoms with E-state index < -0.39 is 24.0 Å². The van der Waals surface area contributed by atoms with Crippen LogP contribution in [0, 0.1) is 0 Å². The Hall–Kier alpha value is -1.14. The third kappa shape index (κ3) is 3.89. The molecule has 0 unspecified atom stereocenters. The van der Waals surface area contributed by atoms with Crippen molar-refractivity contribution in [3.05, 3.63) is 0 Å². The molecule has 12 heavy (non-hydrogen) atoms. The Bertz CT molecular complexity index is 159. The van der Waals surface area contributed by atoms with E-state index in [0.29, 0.717) is 0 Å². The molecule has 0 aliphatic carbocycles. The molecular weight excluding hydrogens is 162 g/mol. The maximum Gasteiger partial charge on any atom is 0.348 e. The van der Waals surface area contributed by atoms with Gasteiger partial charge in [0.1, 0.15) is 6.04 Å². The van der Waals surface area contributed by atoms with Crippen molar-refractivity contribution in [3.8, 4) is 0 Å². The number of carbonyl (C=O) groups is 2. The second-order valence-electron chi connectivity index (χ2n) is 2.46. The lowest BCUT2D eigenvalue weighted by atomic mass is 10.3. The van der Waals surface area contributed by atoms with Crippen LogP contribution in [0.1, 0.15) is 13.8 Å². The average molecular weight is 175 g/mol. The van der Waals surface area contributed by atoms with Gasteiger partial charge in [0.15, 0.2) is 0 Å². The summed E-state index contributed by atoms with van der Waals surface area (Å²) in [6, 6.07) is -1.48. The molecule has 0 heterocycles. The lowest BCUT2D eigenvalue weighted by molar-refractivity contribution is -0.159. The van der Waals surface area contributed by atoms with Gasteiger partial charge in [-0.1, -0.05) is 0 Å². The zero-order valence-electron chi connectivity index (χ0n) is 7.03. The van der Waals surface area contributed by atoms with Crippen LogP contribution in [-0.4, -0.2) is 24.0 Å². The van der Waals surface area contributed by atoms with E-state index >= 15 is 0 Å². The van der Waals surface area contributed by atoms with Crippen LogP contribution in [0.4, 0.5) is 0 Å². The number of hydrogen-bond acceptors (Lipinski definition) is 5. The van der Waals surface area contributed by atoms with E-state index in [1.54, 1.807) is 0 Å². The monoisotopic (exact) mass is 175 g/mol. The summed E-state index contributed by atoms with van der Waals surface area (Å²) in [6.07, 6.45) is 0. The van der Waals surface area contributed by atoms with Crippen molar-refractivity contribution in [2.45, 2.75) is 25.9 Å². The summed E-state index contributed by atoms with van der Waals surface area (Å²) in [5, 5.41) is 0. The molecule has 2 atom stereocenters. The van der Waals surface area contributed by atoms with Gasteiger partial charge in [-0.15, -0.1) is 0 Å². The Balaban J connectivity index is 3.69. The lowest BCUT2D eigenvalue weighted by Crippen LogP contribution is -2.42. The number of hydroxylamine groups is 1. The normalized spacial score (nSPS) is 14.7. The molecule has 1 amide bonds. The fourth-order valence-electron chi connectivity index (χ4n) is 0.286. The van der Waals surface area contributed by atoms with Crippen LogP contribution in [0.5, 0.6) is 0 Å². The molecule has 0 bridgehead atoms. The number of carbonyl (C=O) groups excluding carboxylic acids is 2. The van der Waals surface area contributed by atoms with Gasteiger partial charge in [0.05, 0.1) is 6.04 Å². The van der Waals surface area contributed by atoms with E-state index in [4.69, 9.17) is 11.5 Å². The van der Waals surface area contributed by atoms with Crippen LogP contribution in [-0.2, 0) is 14.4 Å². The van der Waals surface area contributed by atoms with Gasteiger partial charge in [-0.3, -0.25) is 4.79 Å². The van der Waals surface area contributed by atoms with Crippen molar-refractivity contribution in [2.75, 3.05) is 0 Å². The maximum atomic E-state index is 10.7. The molecule has 0 aromatic heterocycles. The highest BCUT2D eigenvalue weighted by Crippen LogP contribution is 1.81. The Labute approximate surface area is 70.2 Å². The highest BCUT2D eigenvalue weighted by molar-refractivity contribution is 5.82. The fourth-order valence-corrected chi connectivity index (χ4v) is 0.286. The van der Waals surface area contributed by atoms with E-state index in [9.17, 15) is 9.59 Å². The molecule has 0 aliphatic rings.